The second kappa shape index (κ2) is 42.2. The standard InChI is InChI=1S/C13H13N2O.C12H10ClN3O3.C12H12ClN3O.C12H12N3O.C7H7N2O2.C5H4ClNO.CH3.3W.Y/c1-9-8-10(2)15-11(3)13(9)16-12-4-6-14-7-5-12;1-7-5-11(16(17)18)15-8(2)12(7)19-9-3-4-14-10(13)6-9;1-7-5-11(14)16-8(2)12(7)17-9-3-4-15-10(13)6-9;1-8-7-11(13)15-9(2)12(8)16-10-3-5-14-6-4-10;1-5-3-6(2)8-7(4-5)9(10)11;6-5-3-4(8)1-2-7-5;;;;;/h4-6,8H,1-3H3;3-6H,1-2H3;3-6H,1-2H3,(H2,14,16);3-5,7H,1-2H3,(H2,13,15);4H,1-2H3;1-3H,(H,7,8);1H3;;;;/q-1;;;2*-1;;-1;;;;. The first kappa shape index (κ1) is 84.9. The van der Waals surface area contributed by atoms with Gasteiger partial charge in [-0.3, -0.25) is 9.78 Å². The van der Waals surface area contributed by atoms with Gasteiger partial charge in [-0.15, -0.1) is 30.3 Å². The molecule has 5 N–H and O–H groups in total. The summed E-state index contributed by atoms with van der Waals surface area (Å²) in [7, 11) is 0. The number of H-pyrrole nitrogens is 1. The monoisotopic (exact) mass is 1890 g/mol. The van der Waals surface area contributed by atoms with Crippen molar-refractivity contribution in [2.75, 3.05) is 11.5 Å². The van der Waals surface area contributed by atoms with Gasteiger partial charge in [-0.1, -0.05) is 71.5 Å². The van der Waals surface area contributed by atoms with Crippen molar-refractivity contribution >= 4 is 58.1 Å². The minimum Gasteiger partial charge on any atom is -0.515 e. The molecule has 1 radical (unpaired) electrons. The number of rotatable bonds is 10. The van der Waals surface area contributed by atoms with Crippen molar-refractivity contribution in [1.29, 1.82) is 0 Å². The zero-order valence-electron chi connectivity index (χ0n) is 51.7. The van der Waals surface area contributed by atoms with Gasteiger partial charge in [0.15, 0.2) is 22.6 Å². The molecule has 92 heavy (non-hydrogen) atoms. The van der Waals surface area contributed by atoms with Crippen molar-refractivity contribution in [2.45, 2.75) is 76.2 Å². The van der Waals surface area contributed by atoms with Crippen LogP contribution in [0.15, 0.2) is 127 Å². The third-order valence-corrected chi connectivity index (χ3v) is 11.7. The molecular formula is C62H61Cl3N14O9W3Y-4. The average Bonchev–Trinajstić information content (AvgIpc) is 1.11. The first-order valence-electron chi connectivity index (χ1n) is 25.7. The van der Waals surface area contributed by atoms with Crippen molar-refractivity contribution in [2.24, 2.45) is 0 Å². The Morgan fingerprint density at radius 2 is 0.891 bits per heavy atom. The summed E-state index contributed by atoms with van der Waals surface area (Å²) in [6.07, 6.45) is 13.3. The van der Waals surface area contributed by atoms with Crippen LogP contribution >= 0.6 is 34.8 Å². The molecule has 0 spiro atoms. The molecule has 0 saturated carbocycles. The zero-order valence-corrected chi connectivity index (χ0v) is 65.6. The Balaban J connectivity index is 0.00000109. The number of hydrogen-bond donors (Lipinski definition) is 3. The molecule has 0 aliphatic rings. The van der Waals surface area contributed by atoms with E-state index in [-0.39, 0.29) is 120 Å². The summed E-state index contributed by atoms with van der Waals surface area (Å²) in [6.45, 7) is 20.3. The van der Waals surface area contributed by atoms with E-state index in [1.165, 1.54) is 36.7 Å². The number of nitrogens with one attached hydrogen (secondary N) is 1. The Kier molecular flexibility index (Phi) is 39.0. The summed E-state index contributed by atoms with van der Waals surface area (Å²) in [6, 6.07) is 27.4. The Hall–Kier alpha value is -7.06. The number of aryl methyl sites for hydroxylation is 11. The van der Waals surface area contributed by atoms with E-state index in [4.69, 9.17) is 65.2 Å². The Morgan fingerprint density at radius 3 is 1.24 bits per heavy atom. The number of nitro groups is 2. The average molecular weight is 1890 g/mol. The number of hydrogen-bond acceptors (Lipinski definition) is 20. The second-order valence-electron chi connectivity index (χ2n) is 18.4. The number of aromatic amines is 1. The van der Waals surface area contributed by atoms with Gasteiger partial charge in [-0.05, 0) is 124 Å². The second-order valence-corrected chi connectivity index (χ2v) is 19.6. The normalized spacial score (nSPS) is 9.50. The molecule has 0 aliphatic carbocycles. The molecule has 0 saturated heterocycles. The SMILES string of the molecule is Cc1[c-]c(C)nc([N+](=O)[O-])c1.Cc1cc(C)c(Oc2c[c-]ncc2)c(C)n1.Cc1cc(N)nc(C)c1Oc1c[c-]ncc1.Cc1cc(N)nc(C)c1Oc1ccnc(Cl)c1.Cc1cc([N+](=O)[O-])nc(C)c1Oc1ccnc(Cl)c1.O=c1cc[nH]c(Cl)c1.[CH3-].[W].[W].[W].[Y]. The van der Waals surface area contributed by atoms with E-state index in [1.807, 2.05) is 54.5 Å². The van der Waals surface area contributed by atoms with Crippen molar-refractivity contribution in [3.8, 4) is 46.0 Å². The molecule has 0 aliphatic heterocycles. The van der Waals surface area contributed by atoms with Crippen molar-refractivity contribution in [3.05, 3.63) is 256 Å². The van der Waals surface area contributed by atoms with E-state index in [0.29, 0.717) is 72.8 Å². The fourth-order valence-electron chi connectivity index (χ4n) is 7.58. The summed E-state index contributed by atoms with van der Waals surface area (Å²) in [4.78, 5) is 68.5. The van der Waals surface area contributed by atoms with E-state index < -0.39 is 9.85 Å². The third-order valence-electron chi connectivity index (χ3n) is 11.0. The van der Waals surface area contributed by atoms with Gasteiger partial charge < -0.3 is 73.0 Å². The first-order chi connectivity index (χ1) is 41.2. The molecule has 30 heteroatoms. The third kappa shape index (κ3) is 28.8. The molecule has 0 amide bonds. The summed E-state index contributed by atoms with van der Waals surface area (Å²) in [5.41, 5.74) is 20.0. The van der Waals surface area contributed by atoms with E-state index >= 15 is 0 Å². The molecule has 10 aromatic heterocycles. The molecule has 0 aromatic carbocycles. The van der Waals surface area contributed by atoms with E-state index in [2.05, 4.69) is 68.3 Å². The van der Waals surface area contributed by atoms with Crippen LogP contribution in [0.25, 0.3) is 0 Å². The number of ether oxygens (including phenoxy) is 4. The molecule has 10 heterocycles. The molecule has 10 rings (SSSR count). The molecule has 0 atom stereocenters. The predicted octanol–water partition coefficient (Wildman–Crippen LogP) is 14.7. The minimum absolute atomic E-state index is 0. The molecule has 479 valence electrons. The zero-order chi connectivity index (χ0) is 63.9. The van der Waals surface area contributed by atoms with Gasteiger partial charge in [0.05, 0.1) is 22.8 Å². The van der Waals surface area contributed by atoms with E-state index in [0.717, 1.165) is 62.3 Å². The van der Waals surface area contributed by atoms with Crippen LogP contribution in [0, 0.1) is 122 Å². The number of anilines is 2. The first-order valence-corrected chi connectivity index (χ1v) is 26.9. The topological polar surface area (TPSA) is 324 Å². The summed E-state index contributed by atoms with van der Waals surface area (Å²) in [5.74, 6) is 5.94. The van der Waals surface area contributed by atoms with Crippen LogP contribution in [-0.2, 0) is 95.9 Å². The van der Waals surface area contributed by atoms with Gasteiger partial charge in [0.2, 0.25) is 0 Å². The molecular weight excluding hydrogens is 1830 g/mol. The van der Waals surface area contributed by atoms with Crippen LogP contribution in [-0.4, -0.2) is 59.7 Å². The summed E-state index contributed by atoms with van der Waals surface area (Å²) in [5, 5.41) is 22.0. The van der Waals surface area contributed by atoms with Gasteiger partial charge in [0.1, 0.15) is 50.1 Å². The number of nitrogens with two attached hydrogens (primary N) is 2. The fourth-order valence-corrected chi connectivity index (χ4v) is 8.08. The number of nitrogen functional groups attached to an aromatic ring is 2. The number of halogens is 3. The van der Waals surface area contributed by atoms with Gasteiger partial charge in [0, 0.05) is 175 Å². The number of nitrogens with zero attached hydrogens (tertiary/aromatic N) is 11. The fraction of sp³-hybridized carbons (Fsp3) is 0.177. The van der Waals surface area contributed by atoms with Crippen molar-refractivity contribution in [1.82, 2.24) is 49.8 Å². The van der Waals surface area contributed by atoms with Crippen LogP contribution in [0.1, 0.15) is 62.0 Å². The molecule has 0 fully saturated rings. The van der Waals surface area contributed by atoms with Crippen molar-refractivity contribution in [3.63, 3.8) is 0 Å². The van der Waals surface area contributed by atoms with E-state index in [9.17, 15) is 25.0 Å². The molecule has 23 nitrogen and oxygen atoms in total. The van der Waals surface area contributed by atoms with Gasteiger partial charge in [-0.25, -0.2) is 25.5 Å². The number of aromatic nitrogens is 10. The van der Waals surface area contributed by atoms with Crippen molar-refractivity contribution < 1.29 is 125 Å². The van der Waals surface area contributed by atoms with Crippen LogP contribution in [0.2, 0.25) is 15.5 Å². The molecule has 0 bridgehead atoms. The molecule has 10 aromatic rings. The largest absolute Gasteiger partial charge is 0.515 e. The van der Waals surface area contributed by atoms with Gasteiger partial charge in [-0.2, -0.15) is 6.07 Å². The maximum atomic E-state index is 10.7. The van der Waals surface area contributed by atoms with Gasteiger partial charge in [0.25, 0.3) is 5.82 Å². The quantitative estimate of drug-likeness (QED) is 0.0495. The Bertz CT molecular complexity index is 3860. The van der Waals surface area contributed by atoms with Crippen LogP contribution in [0.3, 0.4) is 0 Å². The predicted molar refractivity (Wildman–Crippen MR) is 338 cm³/mol. The Morgan fingerprint density at radius 1 is 0.500 bits per heavy atom. The summed E-state index contributed by atoms with van der Waals surface area (Å²) < 4.78 is 22.8. The Labute approximate surface area is 616 Å². The molecule has 0 unspecified atom stereocenters. The van der Waals surface area contributed by atoms with Crippen LogP contribution in [0.5, 0.6) is 46.0 Å². The van der Waals surface area contributed by atoms with Crippen LogP contribution < -0.4 is 35.8 Å². The number of pyridine rings is 10. The smallest absolute Gasteiger partial charge is 0.364 e. The van der Waals surface area contributed by atoms with E-state index in [1.54, 1.807) is 107 Å². The summed E-state index contributed by atoms with van der Waals surface area (Å²) >= 11 is 16.9. The van der Waals surface area contributed by atoms with Crippen LogP contribution in [0.4, 0.5) is 23.3 Å². The maximum Gasteiger partial charge on any atom is 0.364 e. The maximum absolute atomic E-state index is 10.7. The van der Waals surface area contributed by atoms with Gasteiger partial charge >= 0.3 is 5.82 Å². The minimum atomic E-state index is -0.535.